The molecule has 2 N–H and O–H groups in total. The largest absolute Gasteiger partial charge is 0.481 e. The first kappa shape index (κ1) is 17.3. The molecule has 2 rings (SSSR count). The van der Waals surface area contributed by atoms with Gasteiger partial charge in [0.2, 0.25) is 5.91 Å². The first-order valence-electron chi connectivity index (χ1n) is 7.51. The van der Waals surface area contributed by atoms with Gasteiger partial charge in [-0.05, 0) is 37.1 Å². The summed E-state index contributed by atoms with van der Waals surface area (Å²) < 4.78 is 0. The van der Waals surface area contributed by atoms with Crippen LogP contribution < -0.4 is 5.32 Å². The standard InChI is InChI=1S/C16H19ClN2O4/c17-13-5-3-11(4-6-13)16(23)19-9-1-2-12(10-19)15(22)18-8-7-14(20)21/h3-6,12H,1-2,7-10H2,(H,18,22)(H,20,21). The van der Waals surface area contributed by atoms with Crippen LogP contribution in [0.4, 0.5) is 0 Å². The Balaban J connectivity index is 1.92. The fraction of sp³-hybridized carbons (Fsp3) is 0.438. The number of nitrogens with one attached hydrogen (secondary N) is 1. The highest BCUT2D eigenvalue weighted by molar-refractivity contribution is 6.30. The Morgan fingerprint density at radius 2 is 1.96 bits per heavy atom. The fourth-order valence-corrected chi connectivity index (χ4v) is 2.71. The lowest BCUT2D eigenvalue weighted by Gasteiger charge is -2.32. The lowest BCUT2D eigenvalue weighted by molar-refractivity contribution is -0.137. The van der Waals surface area contributed by atoms with Gasteiger partial charge in [-0.15, -0.1) is 0 Å². The van der Waals surface area contributed by atoms with Crippen LogP contribution >= 0.6 is 11.6 Å². The van der Waals surface area contributed by atoms with Crippen LogP contribution in [0.5, 0.6) is 0 Å². The van der Waals surface area contributed by atoms with Crippen molar-refractivity contribution in [1.29, 1.82) is 0 Å². The summed E-state index contributed by atoms with van der Waals surface area (Å²) in [5.41, 5.74) is 0.543. The van der Waals surface area contributed by atoms with Crippen molar-refractivity contribution in [3.05, 3.63) is 34.9 Å². The maximum absolute atomic E-state index is 12.5. The second kappa shape index (κ2) is 7.97. The van der Waals surface area contributed by atoms with Gasteiger partial charge in [0.15, 0.2) is 0 Å². The van der Waals surface area contributed by atoms with Crippen LogP contribution in [0.2, 0.25) is 5.02 Å². The summed E-state index contributed by atoms with van der Waals surface area (Å²) in [5.74, 6) is -1.56. The quantitative estimate of drug-likeness (QED) is 0.856. The summed E-state index contributed by atoms with van der Waals surface area (Å²) in [6.45, 7) is 1.07. The van der Waals surface area contributed by atoms with E-state index in [1.165, 1.54) is 0 Å². The van der Waals surface area contributed by atoms with Crippen molar-refractivity contribution in [3.63, 3.8) is 0 Å². The monoisotopic (exact) mass is 338 g/mol. The van der Waals surface area contributed by atoms with Crippen molar-refractivity contribution in [2.24, 2.45) is 5.92 Å². The Labute approximate surface area is 139 Å². The molecule has 23 heavy (non-hydrogen) atoms. The van der Waals surface area contributed by atoms with Gasteiger partial charge in [0.25, 0.3) is 5.91 Å². The van der Waals surface area contributed by atoms with Gasteiger partial charge < -0.3 is 15.3 Å². The lowest BCUT2D eigenvalue weighted by atomic mass is 9.96. The van der Waals surface area contributed by atoms with Crippen LogP contribution in [-0.4, -0.2) is 47.4 Å². The number of carboxylic acids is 1. The number of carbonyl (C=O) groups is 3. The van der Waals surface area contributed by atoms with Gasteiger partial charge in [0, 0.05) is 30.2 Å². The third kappa shape index (κ3) is 4.96. The predicted octanol–water partition coefficient (Wildman–Crippen LogP) is 1.78. The molecule has 1 fully saturated rings. The lowest BCUT2D eigenvalue weighted by Crippen LogP contribution is -2.45. The number of carbonyl (C=O) groups excluding carboxylic acids is 2. The molecule has 2 amide bonds. The molecular weight excluding hydrogens is 320 g/mol. The number of benzene rings is 1. The van der Waals surface area contributed by atoms with Crippen LogP contribution in [0.3, 0.4) is 0 Å². The number of aliphatic carboxylic acids is 1. The Morgan fingerprint density at radius 3 is 2.61 bits per heavy atom. The molecule has 6 nitrogen and oxygen atoms in total. The molecule has 0 aromatic heterocycles. The third-order valence-corrected chi connectivity index (χ3v) is 4.06. The summed E-state index contributed by atoms with van der Waals surface area (Å²) in [6, 6.07) is 6.66. The van der Waals surface area contributed by atoms with E-state index in [4.69, 9.17) is 16.7 Å². The van der Waals surface area contributed by atoms with Crippen molar-refractivity contribution < 1.29 is 19.5 Å². The van der Waals surface area contributed by atoms with Crippen LogP contribution in [-0.2, 0) is 9.59 Å². The molecule has 7 heteroatoms. The van der Waals surface area contributed by atoms with E-state index in [1.54, 1.807) is 29.2 Å². The number of hydrogen-bond donors (Lipinski definition) is 2. The van der Waals surface area contributed by atoms with E-state index in [1.807, 2.05) is 0 Å². The number of piperidine rings is 1. The van der Waals surface area contributed by atoms with Gasteiger partial charge in [-0.25, -0.2) is 0 Å². The number of halogens is 1. The van der Waals surface area contributed by atoms with E-state index in [-0.39, 0.29) is 30.7 Å². The molecule has 1 aliphatic rings. The Kier molecular flexibility index (Phi) is 5.98. The Morgan fingerprint density at radius 1 is 1.26 bits per heavy atom. The minimum absolute atomic E-state index is 0.105. The van der Waals surface area contributed by atoms with Gasteiger partial charge in [0.1, 0.15) is 0 Å². The normalized spacial score (nSPS) is 17.6. The van der Waals surface area contributed by atoms with E-state index in [0.717, 1.165) is 6.42 Å². The third-order valence-electron chi connectivity index (χ3n) is 3.81. The van der Waals surface area contributed by atoms with Gasteiger partial charge in [-0.1, -0.05) is 11.6 Å². The second-order valence-corrected chi connectivity index (χ2v) is 5.97. The Bertz CT molecular complexity index is 588. The van der Waals surface area contributed by atoms with E-state index < -0.39 is 5.97 Å². The molecular formula is C16H19ClN2O4. The molecule has 1 aromatic rings. The van der Waals surface area contributed by atoms with Gasteiger partial charge in [0.05, 0.1) is 12.3 Å². The van der Waals surface area contributed by atoms with E-state index in [9.17, 15) is 14.4 Å². The summed E-state index contributed by atoms with van der Waals surface area (Å²) in [4.78, 5) is 36.7. The highest BCUT2D eigenvalue weighted by Crippen LogP contribution is 2.19. The molecule has 1 aliphatic heterocycles. The van der Waals surface area contributed by atoms with Crippen LogP contribution in [0, 0.1) is 5.92 Å². The van der Waals surface area contributed by atoms with Crippen molar-refractivity contribution in [3.8, 4) is 0 Å². The SMILES string of the molecule is O=C(O)CCNC(=O)C1CCCN(C(=O)c2ccc(Cl)cc2)C1. The molecule has 0 spiro atoms. The number of amides is 2. The minimum atomic E-state index is -0.950. The zero-order valence-electron chi connectivity index (χ0n) is 12.6. The smallest absolute Gasteiger partial charge is 0.305 e. The van der Waals surface area contributed by atoms with E-state index in [0.29, 0.717) is 30.1 Å². The highest BCUT2D eigenvalue weighted by Gasteiger charge is 2.28. The average molecular weight is 339 g/mol. The van der Waals surface area contributed by atoms with Crippen LogP contribution in [0.15, 0.2) is 24.3 Å². The van der Waals surface area contributed by atoms with Crippen molar-refractivity contribution in [2.75, 3.05) is 19.6 Å². The predicted molar refractivity (Wildman–Crippen MR) is 85.3 cm³/mol. The molecule has 0 bridgehead atoms. The number of nitrogens with zero attached hydrogens (tertiary/aromatic N) is 1. The first-order chi connectivity index (χ1) is 11.0. The van der Waals surface area contributed by atoms with Crippen molar-refractivity contribution in [1.82, 2.24) is 10.2 Å². The van der Waals surface area contributed by atoms with Gasteiger partial charge >= 0.3 is 5.97 Å². The number of likely N-dealkylation sites (tertiary alicyclic amines) is 1. The number of hydrogen-bond acceptors (Lipinski definition) is 3. The average Bonchev–Trinajstić information content (AvgIpc) is 2.54. The minimum Gasteiger partial charge on any atom is -0.481 e. The summed E-state index contributed by atoms with van der Waals surface area (Å²) >= 11 is 5.82. The maximum Gasteiger partial charge on any atom is 0.305 e. The number of rotatable bonds is 5. The summed E-state index contributed by atoms with van der Waals surface area (Å²) in [5, 5.41) is 11.8. The topological polar surface area (TPSA) is 86.7 Å². The Hall–Kier alpha value is -2.08. The molecule has 0 saturated carbocycles. The summed E-state index contributed by atoms with van der Waals surface area (Å²) in [6.07, 6.45) is 1.34. The maximum atomic E-state index is 12.5. The molecule has 1 heterocycles. The van der Waals surface area contributed by atoms with Crippen molar-refractivity contribution in [2.45, 2.75) is 19.3 Å². The van der Waals surface area contributed by atoms with E-state index >= 15 is 0 Å². The van der Waals surface area contributed by atoms with Crippen LogP contribution in [0.1, 0.15) is 29.6 Å². The molecule has 1 unspecified atom stereocenters. The fourth-order valence-electron chi connectivity index (χ4n) is 2.59. The highest BCUT2D eigenvalue weighted by atomic mass is 35.5. The van der Waals surface area contributed by atoms with Gasteiger partial charge in [-0.2, -0.15) is 0 Å². The molecule has 1 saturated heterocycles. The molecule has 0 aliphatic carbocycles. The molecule has 1 atom stereocenters. The van der Waals surface area contributed by atoms with Crippen molar-refractivity contribution >= 4 is 29.4 Å². The number of carboxylic acid groups (broad SMARTS) is 1. The van der Waals surface area contributed by atoms with E-state index in [2.05, 4.69) is 5.32 Å². The first-order valence-corrected chi connectivity index (χ1v) is 7.89. The molecule has 0 radical (unpaired) electrons. The second-order valence-electron chi connectivity index (χ2n) is 5.53. The zero-order valence-corrected chi connectivity index (χ0v) is 13.4. The molecule has 1 aromatic carbocycles. The summed E-state index contributed by atoms with van der Waals surface area (Å²) in [7, 11) is 0. The van der Waals surface area contributed by atoms with Gasteiger partial charge in [-0.3, -0.25) is 14.4 Å². The zero-order chi connectivity index (χ0) is 16.8. The molecule has 124 valence electrons. The van der Waals surface area contributed by atoms with Crippen LogP contribution in [0.25, 0.3) is 0 Å².